The Hall–Kier alpha value is -1.13. The van der Waals surface area contributed by atoms with Crippen LogP contribution in [0.5, 0.6) is 0 Å². The third kappa shape index (κ3) is 4.18. The highest BCUT2D eigenvalue weighted by Gasteiger charge is 2.19. The first-order valence-electron chi connectivity index (χ1n) is 7.27. The van der Waals surface area contributed by atoms with E-state index in [1.165, 1.54) is 6.07 Å². The first-order chi connectivity index (χ1) is 9.54. The van der Waals surface area contributed by atoms with Crippen molar-refractivity contribution in [1.82, 2.24) is 5.32 Å². The van der Waals surface area contributed by atoms with Gasteiger partial charge in [-0.05, 0) is 51.1 Å². The number of rotatable bonds is 8. The molecule has 2 atom stereocenters. The predicted octanol–water partition coefficient (Wildman–Crippen LogP) is 3.36. The molecule has 0 aliphatic rings. The zero-order valence-corrected chi connectivity index (χ0v) is 13.2. The van der Waals surface area contributed by atoms with Gasteiger partial charge < -0.3 is 15.0 Å². The average molecular weight is 282 g/mol. The lowest BCUT2D eigenvalue weighted by Crippen LogP contribution is -2.36. The minimum Gasteiger partial charge on any atom is -0.383 e. The van der Waals surface area contributed by atoms with E-state index in [0.717, 1.165) is 24.2 Å². The molecule has 0 fully saturated rings. The summed E-state index contributed by atoms with van der Waals surface area (Å²) >= 11 is 0. The summed E-state index contributed by atoms with van der Waals surface area (Å²) in [4.78, 5) is 2.30. The van der Waals surface area contributed by atoms with E-state index in [2.05, 4.69) is 24.1 Å². The van der Waals surface area contributed by atoms with Crippen LogP contribution in [0.2, 0.25) is 0 Å². The Balaban J connectivity index is 3.16. The highest BCUT2D eigenvalue weighted by atomic mass is 19.1. The molecule has 0 saturated heterocycles. The number of hydrogen-bond donors (Lipinski definition) is 1. The van der Waals surface area contributed by atoms with Gasteiger partial charge in [-0.3, -0.25) is 0 Å². The number of nitrogens with one attached hydrogen (secondary N) is 1. The van der Waals surface area contributed by atoms with Crippen molar-refractivity contribution in [3.05, 3.63) is 29.6 Å². The summed E-state index contributed by atoms with van der Waals surface area (Å²) in [6.07, 6.45) is 1.04. The first kappa shape index (κ1) is 16.9. The summed E-state index contributed by atoms with van der Waals surface area (Å²) in [5.41, 5.74) is 2.07. The number of halogens is 1. The molecule has 0 amide bonds. The van der Waals surface area contributed by atoms with E-state index in [9.17, 15) is 4.39 Å². The standard InChI is InChI=1S/C16H27FN2O/c1-6-12(2)19(9-10-20-5)16-8-7-14(17)11-15(16)13(3)18-4/h7-8,11-13,18H,6,9-10H2,1-5H3. The van der Waals surface area contributed by atoms with Crippen LogP contribution in [-0.2, 0) is 4.74 Å². The fraction of sp³-hybridized carbons (Fsp3) is 0.625. The lowest BCUT2D eigenvalue weighted by Gasteiger charge is -2.33. The number of anilines is 1. The number of ether oxygens (including phenoxy) is 1. The predicted molar refractivity (Wildman–Crippen MR) is 82.8 cm³/mol. The van der Waals surface area contributed by atoms with Gasteiger partial charge >= 0.3 is 0 Å². The van der Waals surface area contributed by atoms with Crippen LogP contribution in [0.4, 0.5) is 10.1 Å². The van der Waals surface area contributed by atoms with Gasteiger partial charge in [-0.1, -0.05) is 6.92 Å². The van der Waals surface area contributed by atoms with Gasteiger partial charge in [0.25, 0.3) is 0 Å². The second-order valence-corrected chi connectivity index (χ2v) is 5.16. The van der Waals surface area contributed by atoms with Crippen molar-refractivity contribution in [3.8, 4) is 0 Å². The molecule has 0 heterocycles. The van der Waals surface area contributed by atoms with Gasteiger partial charge in [0.15, 0.2) is 0 Å². The summed E-state index contributed by atoms with van der Waals surface area (Å²) in [6, 6.07) is 5.52. The lowest BCUT2D eigenvalue weighted by atomic mass is 10.0. The molecular formula is C16H27FN2O. The van der Waals surface area contributed by atoms with Crippen molar-refractivity contribution in [2.24, 2.45) is 0 Å². The molecule has 0 bridgehead atoms. The SMILES string of the molecule is CCC(C)N(CCOC)c1ccc(F)cc1C(C)NC. The van der Waals surface area contributed by atoms with Gasteiger partial charge in [-0.2, -0.15) is 0 Å². The molecule has 0 spiro atoms. The topological polar surface area (TPSA) is 24.5 Å². The molecule has 2 unspecified atom stereocenters. The van der Waals surface area contributed by atoms with Crippen LogP contribution in [0.1, 0.15) is 38.8 Å². The summed E-state index contributed by atoms with van der Waals surface area (Å²) in [5.74, 6) is -0.193. The molecule has 114 valence electrons. The molecule has 0 aliphatic heterocycles. The maximum absolute atomic E-state index is 13.6. The van der Waals surface area contributed by atoms with Crippen molar-refractivity contribution in [3.63, 3.8) is 0 Å². The van der Waals surface area contributed by atoms with Crippen LogP contribution in [-0.4, -0.2) is 33.4 Å². The Kier molecular flexibility index (Phi) is 6.96. The normalized spacial score (nSPS) is 14.1. The van der Waals surface area contributed by atoms with E-state index in [-0.39, 0.29) is 11.9 Å². The van der Waals surface area contributed by atoms with Crippen LogP contribution in [0, 0.1) is 5.82 Å². The monoisotopic (exact) mass is 282 g/mol. The maximum atomic E-state index is 13.6. The molecule has 0 radical (unpaired) electrons. The largest absolute Gasteiger partial charge is 0.383 e. The van der Waals surface area contributed by atoms with E-state index in [1.807, 2.05) is 20.0 Å². The Morgan fingerprint density at radius 1 is 1.35 bits per heavy atom. The zero-order valence-electron chi connectivity index (χ0n) is 13.2. The molecule has 0 saturated carbocycles. The van der Waals surface area contributed by atoms with E-state index in [0.29, 0.717) is 12.6 Å². The Labute approximate surface area is 122 Å². The number of methoxy groups -OCH3 is 1. The third-order valence-electron chi connectivity index (χ3n) is 3.86. The lowest BCUT2D eigenvalue weighted by molar-refractivity contribution is 0.203. The van der Waals surface area contributed by atoms with Crippen LogP contribution in [0.15, 0.2) is 18.2 Å². The highest BCUT2D eigenvalue weighted by Crippen LogP contribution is 2.29. The van der Waals surface area contributed by atoms with Gasteiger partial charge in [0.05, 0.1) is 6.61 Å². The number of nitrogens with zero attached hydrogens (tertiary/aromatic N) is 1. The summed E-state index contributed by atoms with van der Waals surface area (Å²) in [7, 11) is 3.60. The molecule has 0 aromatic heterocycles. The smallest absolute Gasteiger partial charge is 0.123 e. The Morgan fingerprint density at radius 2 is 2.05 bits per heavy atom. The fourth-order valence-electron chi connectivity index (χ4n) is 2.28. The molecule has 1 N–H and O–H groups in total. The average Bonchev–Trinajstić information content (AvgIpc) is 2.47. The van der Waals surface area contributed by atoms with Gasteiger partial charge in [0.2, 0.25) is 0 Å². The summed E-state index contributed by atoms with van der Waals surface area (Å²) in [6.45, 7) is 7.86. The van der Waals surface area contributed by atoms with E-state index in [1.54, 1.807) is 13.2 Å². The zero-order chi connectivity index (χ0) is 15.1. The van der Waals surface area contributed by atoms with Gasteiger partial charge in [-0.15, -0.1) is 0 Å². The minimum atomic E-state index is -0.193. The van der Waals surface area contributed by atoms with Crippen LogP contribution >= 0.6 is 0 Å². The van der Waals surface area contributed by atoms with Crippen molar-refractivity contribution < 1.29 is 9.13 Å². The molecule has 20 heavy (non-hydrogen) atoms. The fourth-order valence-corrected chi connectivity index (χ4v) is 2.28. The Bertz CT molecular complexity index is 411. The highest BCUT2D eigenvalue weighted by molar-refractivity contribution is 5.56. The molecule has 1 aromatic carbocycles. The molecule has 1 aromatic rings. The Morgan fingerprint density at radius 3 is 2.60 bits per heavy atom. The van der Waals surface area contributed by atoms with Crippen molar-refractivity contribution in [2.75, 3.05) is 32.2 Å². The molecule has 4 heteroatoms. The van der Waals surface area contributed by atoms with E-state index >= 15 is 0 Å². The summed E-state index contributed by atoms with van der Waals surface area (Å²) < 4.78 is 18.8. The van der Waals surface area contributed by atoms with Crippen molar-refractivity contribution in [1.29, 1.82) is 0 Å². The maximum Gasteiger partial charge on any atom is 0.123 e. The number of hydrogen-bond acceptors (Lipinski definition) is 3. The van der Waals surface area contributed by atoms with E-state index in [4.69, 9.17) is 4.74 Å². The molecule has 0 aliphatic carbocycles. The van der Waals surface area contributed by atoms with Gasteiger partial charge in [0.1, 0.15) is 5.82 Å². The second-order valence-electron chi connectivity index (χ2n) is 5.16. The quantitative estimate of drug-likeness (QED) is 0.791. The third-order valence-corrected chi connectivity index (χ3v) is 3.86. The molecule has 1 rings (SSSR count). The summed E-state index contributed by atoms with van der Waals surface area (Å²) in [5, 5.41) is 3.19. The first-order valence-corrected chi connectivity index (χ1v) is 7.27. The molecule has 3 nitrogen and oxygen atoms in total. The number of benzene rings is 1. The van der Waals surface area contributed by atoms with Crippen LogP contribution < -0.4 is 10.2 Å². The minimum absolute atomic E-state index is 0.106. The van der Waals surface area contributed by atoms with Crippen molar-refractivity contribution >= 4 is 5.69 Å². The van der Waals surface area contributed by atoms with Gasteiger partial charge in [-0.25, -0.2) is 4.39 Å². The molecular weight excluding hydrogens is 255 g/mol. The second kappa shape index (κ2) is 8.22. The van der Waals surface area contributed by atoms with Crippen molar-refractivity contribution in [2.45, 2.75) is 39.3 Å². The van der Waals surface area contributed by atoms with E-state index < -0.39 is 0 Å². The van der Waals surface area contributed by atoms with Crippen LogP contribution in [0.3, 0.4) is 0 Å². The van der Waals surface area contributed by atoms with Crippen LogP contribution in [0.25, 0.3) is 0 Å². The van der Waals surface area contributed by atoms with Gasteiger partial charge in [0, 0.05) is 31.4 Å².